The summed E-state index contributed by atoms with van der Waals surface area (Å²) in [6.45, 7) is 1.54. The van der Waals surface area contributed by atoms with Gasteiger partial charge in [-0.15, -0.1) is 0 Å². The van der Waals surface area contributed by atoms with E-state index in [0.29, 0.717) is 11.3 Å². The molecule has 136 valence electrons. The zero-order chi connectivity index (χ0) is 19.2. The summed E-state index contributed by atoms with van der Waals surface area (Å²) in [4.78, 5) is 43.4. The summed E-state index contributed by atoms with van der Waals surface area (Å²) >= 11 is 3.39. The van der Waals surface area contributed by atoms with Gasteiger partial charge in [0.05, 0.1) is 6.33 Å². The molecule has 0 unspecified atom stereocenters. The number of aryl methyl sites for hydroxylation is 3. The van der Waals surface area contributed by atoms with Gasteiger partial charge in [0.25, 0.3) is 5.56 Å². The van der Waals surface area contributed by atoms with E-state index in [1.165, 1.54) is 22.8 Å². The third-order valence-corrected chi connectivity index (χ3v) is 4.88. The van der Waals surface area contributed by atoms with Crippen molar-refractivity contribution in [2.75, 3.05) is 11.9 Å². The molecule has 0 spiro atoms. The topological polar surface area (TPSA) is 82.1 Å². The minimum Gasteiger partial charge on any atom is -0.328 e. The van der Waals surface area contributed by atoms with Crippen LogP contribution in [0.25, 0.3) is 11.2 Å². The fourth-order valence-electron chi connectivity index (χ4n) is 2.91. The molecule has 3 rings (SSSR count). The average Bonchev–Trinajstić information content (AvgIpc) is 2.98. The molecule has 9 heteroatoms. The molecule has 0 fully saturated rings. The quantitative estimate of drug-likeness (QED) is 0.637. The van der Waals surface area contributed by atoms with Gasteiger partial charge >= 0.3 is 5.69 Å². The van der Waals surface area contributed by atoms with Crippen molar-refractivity contribution in [3.8, 4) is 0 Å². The average molecular weight is 420 g/mol. The number of hydrogen-bond donors (Lipinski definition) is 0. The Morgan fingerprint density at radius 2 is 1.96 bits per heavy atom. The summed E-state index contributed by atoms with van der Waals surface area (Å²) < 4.78 is 4.67. The Morgan fingerprint density at radius 1 is 1.27 bits per heavy atom. The number of fused-ring (bicyclic) bond motifs is 1. The van der Waals surface area contributed by atoms with Crippen LogP contribution in [-0.4, -0.2) is 31.6 Å². The Bertz CT molecular complexity index is 1140. The van der Waals surface area contributed by atoms with Crippen LogP contribution in [-0.2, 0) is 25.4 Å². The Labute approximate surface area is 157 Å². The van der Waals surface area contributed by atoms with E-state index in [1.54, 1.807) is 18.7 Å². The minimum absolute atomic E-state index is 0.280. The summed E-state index contributed by atoms with van der Waals surface area (Å²) in [5.74, 6) is -0.365. The van der Waals surface area contributed by atoms with Gasteiger partial charge in [0.2, 0.25) is 5.91 Å². The second-order valence-corrected chi connectivity index (χ2v) is 7.06. The van der Waals surface area contributed by atoms with E-state index in [4.69, 9.17) is 0 Å². The lowest BCUT2D eigenvalue weighted by Gasteiger charge is -2.20. The van der Waals surface area contributed by atoms with Crippen molar-refractivity contribution >= 4 is 38.7 Å². The zero-order valence-electron chi connectivity index (χ0n) is 14.9. The molecular weight excluding hydrogens is 402 g/mol. The molecule has 0 N–H and O–H groups in total. The monoisotopic (exact) mass is 419 g/mol. The van der Waals surface area contributed by atoms with E-state index < -0.39 is 11.2 Å². The Hall–Kier alpha value is -2.68. The Balaban J connectivity index is 2.03. The molecule has 2 aromatic heterocycles. The number of hydrogen-bond acceptors (Lipinski definition) is 4. The lowest BCUT2D eigenvalue weighted by atomic mass is 10.2. The number of benzene rings is 1. The normalized spacial score (nSPS) is 11.1. The first kappa shape index (κ1) is 18.1. The van der Waals surface area contributed by atoms with Gasteiger partial charge < -0.3 is 9.47 Å². The molecule has 0 radical (unpaired) electrons. The van der Waals surface area contributed by atoms with E-state index in [9.17, 15) is 14.4 Å². The molecule has 2 heterocycles. The molecule has 0 bridgehead atoms. The van der Waals surface area contributed by atoms with Gasteiger partial charge in [0.15, 0.2) is 11.2 Å². The van der Waals surface area contributed by atoms with Crippen molar-refractivity contribution < 1.29 is 4.79 Å². The number of amides is 1. The highest BCUT2D eigenvalue weighted by Gasteiger charge is 2.20. The van der Waals surface area contributed by atoms with Crippen molar-refractivity contribution in [3.05, 3.63) is 55.4 Å². The lowest BCUT2D eigenvalue weighted by molar-refractivity contribution is -0.119. The second-order valence-electron chi connectivity index (χ2n) is 6.14. The van der Waals surface area contributed by atoms with Crippen molar-refractivity contribution in [2.24, 2.45) is 14.1 Å². The lowest BCUT2D eigenvalue weighted by Crippen LogP contribution is -2.44. The molecule has 8 nitrogen and oxygen atoms in total. The molecule has 3 aromatic rings. The molecule has 0 aliphatic rings. The van der Waals surface area contributed by atoms with Crippen molar-refractivity contribution in [1.82, 2.24) is 18.7 Å². The van der Waals surface area contributed by atoms with Gasteiger partial charge in [-0.2, -0.15) is 0 Å². The number of likely N-dealkylation sites (N-methyl/N-ethyl adjacent to an activating group) is 1. The highest BCUT2D eigenvalue weighted by molar-refractivity contribution is 9.10. The van der Waals surface area contributed by atoms with Crippen molar-refractivity contribution in [3.63, 3.8) is 0 Å². The van der Waals surface area contributed by atoms with Crippen LogP contribution >= 0.6 is 15.9 Å². The number of rotatable bonds is 3. The van der Waals surface area contributed by atoms with Crippen molar-refractivity contribution in [2.45, 2.75) is 13.5 Å². The molecule has 1 aromatic carbocycles. The van der Waals surface area contributed by atoms with Crippen LogP contribution in [0.2, 0.25) is 0 Å². The van der Waals surface area contributed by atoms with Gasteiger partial charge in [-0.25, -0.2) is 14.3 Å². The number of anilines is 1. The van der Waals surface area contributed by atoms with Crippen LogP contribution in [0.1, 0.15) is 5.56 Å². The van der Waals surface area contributed by atoms with Gasteiger partial charge in [-0.3, -0.25) is 14.2 Å². The van der Waals surface area contributed by atoms with Crippen LogP contribution in [0.4, 0.5) is 5.69 Å². The van der Waals surface area contributed by atoms with Gasteiger partial charge in [0, 0.05) is 31.3 Å². The Kier molecular flexibility index (Phi) is 4.57. The number of carbonyl (C=O) groups excluding carboxylic acids is 1. The molecule has 0 saturated heterocycles. The van der Waals surface area contributed by atoms with Crippen LogP contribution in [0.15, 0.2) is 38.6 Å². The van der Waals surface area contributed by atoms with Crippen LogP contribution in [0.3, 0.4) is 0 Å². The third kappa shape index (κ3) is 2.88. The summed E-state index contributed by atoms with van der Waals surface area (Å²) in [6, 6.07) is 5.54. The maximum Gasteiger partial charge on any atom is 0.332 e. The van der Waals surface area contributed by atoms with Gasteiger partial charge in [-0.05, 0) is 30.7 Å². The van der Waals surface area contributed by atoms with Gasteiger partial charge in [-0.1, -0.05) is 15.9 Å². The zero-order valence-corrected chi connectivity index (χ0v) is 16.4. The predicted octanol–water partition coefficient (Wildman–Crippen LogP) is 1.17. The highest BCUT2D eigenvalue weighted by Crippen LogP contribution is 2.23. The van der Waals surface area contributed by atoms with Gasteiger partial charge in [0.1, 0.15) is 6.54 Å². The standard InChI is InChI=1S/C17H18BrN5O3/c1-10-7-11(18)5-6-12(10)21(3)13(24)8-23-16(25)14-15(19-9-20(14)2)22(4)17(23)26/h5-7,9H,8H2,1-4H3. The number of imidazole rings is 1. The SMILES string of the molecule is Cc1cc(Br)ccc1N(C)C(=O)Cn1c(=O)c2c(ncn2C)n(C)c1=O. The Morgan fingerprint density at radius 3 is 2.62 bits per heavy atom. The summed E-state index contributed by atoms with van der Waals surface area (Å²) in [6.07, 6.45) is 1.47. The summed E-state index contributed by atoms with van der Waals surface area (Å²) in [5, 5.41) is 0. The molecular formula is C17H18BrN5O3. The largest absolute Gasteiger partial charge is 0.332 e. The molecule has 0 saturated carbocycles. The molecule has 0 atom stereocenters. The number of halogens is 1. The van der Waals surface area contributed by atoms with E-state index in [-0.39, 0.29) is 18.0 Å². The predicted molar refractivity (Wildman–Crippen MR) is 103 cm³/mol. The first-order valence-corrected chi connectivity index (χ1v) is 8.65. The maximum atomic E-state index is 12.7. The fraction of sp³-hybridized carbons (Fsp3) is 0.294. The highest BCUT2D eigenvalue weighted by atomic mass is 79.9. The summed E-state index contributed by atoms with van der Waals surface area (Å²) in [7, 11) is 4.82. The third-order valence-electron chi connectivity index (χ3n) is 4.39. The number of nitrogens with zero attached hydrogens (tertiary/aromatic N) is 5. The van der Waals surface area contributed by atoms with Crippen LogP contribution in [0, 0.1) is 6.92 Å². The van der Waals surface area contributed by atoms with E-state index >= 15 is 0 Å². The molecule has 26 heavy (non-hydrogen) atoms. The first-order valence-electron chi connectivity index (χ1n) is 7.86. The minimum atomic E-state index is -0.574. The van der Waals surface area contributed by atoms with E-state index in [0.717, 1.165) is 14.6 Å². The summed E-state index contributed by atoms with van der Waals surface area (Å²) in [5.41, 5.74) is 1.08. The number of carbonyl (C=O) groups is 1. The van der Waals surface area contributed by atoms with E-state index in [1.807, 2.05) is 25.1 Å². The maximum absolute atomic E-state index is 12.7. The molecule has 1 amide bonds. The molecule has 0 aliphatic heterocycles. The van der Waals surface area contributed by atoms with Crippen molar-refractivity contribution in [1.29, 1.82) is 0 Å². The van der Waals surface area contributed by atoms with Crippen LogP contribution < -0.4 is 16.1 Å². The fourth-order valence-corrected chi connectivity index (χ4v) is 3.38. The molecule has 0 aliphatic carbocycles. The van der Waals surface area contributed by atoms with E-state index in [2.05, 4.69) is 20.9 Å². The smallest absolute Gasteiger partial charge is 0.328 e. The van der Waals surface area contributed by atoms with Crippen LogP contribution in [0.5, 0.6) is 0 Å². The first-order chi connectivity index (χ1) is 12.2. The number of aromatic nitrogens is 4. The second kappa shape index (κ2) is 6.56.